The Bertz CT molecular complexity index is 766. The minimum Gasteiger partial charge on any atom is -0.459 e. The van der Waals surface area contributed by atoms with Gasteiger partial charge in [-0.25, -0.2) is 0 Å². The number of halogens is 1. The van der Waals surface area contributed by atoms with Crippen LogP contribution in [-0.4, -0.2) is 11.5 Å². The summed E-state index contributed by atoms with van der Waals surface area (Å²) in [6, 6.07) is 13.6. The highest BCUT2D eigenvalue weighted by Crippen LogP contribution is 2.29. The van der Waals surface area contributed by atoms with Crippen molar-refractivity contribution in [1.82, 2.24) is 10.3 Å². The number of nitrogens with zero attached hydrogens (tertiary/aromatic N) is 1. The molecule has 0 aliphatic heterocycles. The number of benzene rings is 1. The minimum atomic E-state index is -0.0546. The van der Waals surface area contributed by atoms with E-state index in [-0.39, 0.29) is 6.04 Å². The molecule has 0 amide bonds. The molecule has 0 saturated heterocycles. The average molecular weight is 301 g/mol. The summed E-state index contributed by atoms with van der Waals surface area (Å²) < 4.78 is 5.97. The Morgan fingerprint density at radius 1 is 1.24 bits per heavy atom. The van der Waals surface area contributed by atoms with E-state index in [0.29, 0.717) is 5.02 Å². The summed E-state index contributed by atoms with van der Waals surface area (Å²) in [4.78, 5) is 4.61. The van der Waals surface area contributed by atoms with Crippen LogP contribution in [0.2, 0.25) is 5.02 Å². The Labute approximate surface area is 128 Å². The number of fused-ring (bicyclic) bond motifs is 1. The van der Waals surface area contributed by atoms with E-state index in [1.165, 1.54) is 0 Å². The summed E-state index contributed by atoms with van der Waals surface area (Å²) in [6.45, 7) is 4.89. The number of hydrogen-bond donors (Lipinski definition) is 1. The third-order valence-corrected chi connectivity index (χ3v) is 3.63. The summed E-state index contributed by atoms with van der Waals surface area (Å²) in [5.74, 6) is 0.854. The maximum atomic E-state index is 6.04. The van der Waals surface area contributed by atoms with Gasteiger partial charge in [0, 0.05) is 16.1 Å². The SMILES string of the molecule is CCNC(c1cccc(C)n1)c1cc2cc(Cl)ccc2o1. The fourth-order valence-electron chi connectivity index (χ4n) is 2.46. The third-order valence-electron chi connectivity index (χ3n) is 3.40. The molecule has 0 fully saturated rings. The molecular weight excluding hydrogens is 284 g/mol. The first kappa shape index (κ1) is 14.1. The molecule has 2 aromatic heterocycles. The predicted molar refractivity (Wildman–Crippen MR) is 85.7 cm³/mol. The van der Waals surface area contributed by atoms with Crippen LogP contribution < -0.4 is 5.32 Å². The summed E-state index contributed by atoms with van der Waals surface area (Å²) >= 11 is 6.04. The second-order valence-corrected chi connectivity index (χ2v) is 5.46. The predicted octanol–water partition coefficient (Wildman–Crippen LogP) is 4.49. The van der Waals surface area contributed by atoms with Crippen LogP contribution in [0.15, 0.2) is 46.9 Å². The van der Waals surface area contributed by atoms with Gasteiger partial charge in [-0.3, -0.25) is 4.98 Å². The van der Waals surface area contributed by atoms with Crippen LogP contribution >= 0.6 is 11.6 Å². The topological polar surface area (TPSA) is 38.1 Å². The standard InChI is InChI=1S/C17H17ClN2O/c1-3-19-17(14-6-4-5-11(2)20-14)16-10-12-9-13(18)7-8-15(12)21-16/h4-10,17,19H,3H2,1-2H3. The molecule has 0 spiro atoms. The highest BCUT2D eigenvalue weighted by atomic mass is 35.5. The van der Waals surface area contributed by atoms with Gasteiger partial charge >= 0.3 is 0 Å². The quantitative estimate of drug-likeness (QED) is 0.771. The lowest BCUT2D eigenvalue weighted by Gasteiger charge is -2.15. The largest absolute Gasteiger partial charge is 0.459 e. The summed E-state index contributed by atoms with van der Waals surface area (Å²) in [6.07, 6.45) is 0. The number of rotatable bonds is 4. The Hall–Kier alpha value is -1.84. The van der Waals surface area contributed by atoms with Crippen molar-refractivity contribution in [2.75, 3.05) is 6.54 Å². The van der Waals surface area contributed by atoms with Crippen LogP contribution in [0.3, 0.4) is 0 Å². The minimum absolute atomic E-state index is 0.0546. The van der Waals surface area contributed by atoms with E-state index in [2.05, 4.69) is 17.2 Å². The molecular formula is C17H17ClN2O. The van der Waals surface area contributed by atoms with Gasteiger partial charge in [-0.05, 0) is 49.9 Å². The third kappa shape index (κ3) is 2.94. The summed E-state index contributed by atoms with van der Waals surface area (Å²) in [7, 11) is 0. The fraction of sp³-hybridized carbons (Fsp3) is 0.235. The van der Waals surface area contributed by atoms with E-state index < -0.39 is 0 Å². The van der Waals surface area contributed by atoms with Crippen molar-refractivity contribution < 1.29 is 4.42 Å². The molecule has 2 heterocycles. The molecule has 1 atom stereocenters. The first-order chi connectivity index (χ1) is 10.2. The lowest BCUT2D eigenvalue weighted by Crippen LogP contribution is -2.22. The fourth-order valence-corrected chi connectivity index (χ4v) is 2.64. The van der Waals surface area contributed by atoms with Gasteiger partial charge in [-0.15, -0.1) is 0 Å². The molecule has 0 aliphatic carbocycles. The molecule has 0 saturated carbocycles. The first-order valence-electron chi connectivity index (χ1n) is 7.03. The summed E-state index contributed by atoms with van der Waals surface area (Å²) in [5, 5.41) is 5.15. The zero-order chi connectivity index (χ0) is 14.8. The van der Waals surface area contributed by atoms with Crippen LogP contribution in [0.25, 0.3) is 11.0 Å². The highest BCUT2D eigenvalue weighted by Gasteiger charge is 2.19. The van der Waals surface area contributed by atoms with Crippen LogP contribution in [0.5, 0.6) is 0 Å². The molecule has 108 valence electrons. The number of hydrogen-bond acceptors (Lipinski definition) is 3. The van der Waals surface area contributed by atoms with Gasteiger partial charge in [-0.1, -0.05) is 24.6 Å². The molecule has 3 nitrogen and oxygen atoms in total. The molecule has 0 aliphatic rings. The lowest BCUT2D eigenvalue weighted by molar-refractivity contribution is 0.471. The van der Waals surface area contributed by atoms with E-state index in [1.807, 2.05) is 49.4 Å². The monoisotopic (exact) mass is 300 g/mol. The number of furan rings is 1. The average Bonchev–Trinajstić information content (AvgIpc) is 2.87. The number of nitrogens with one attached hydrogen (secondary N) is 1. The smallest absolute Gasteiger partial charge is 0.134 e. The van der Waals surface area contributed by atoms with Gasteiger partial charge < -0.3 is 9.73 Å². The van der Waals surface area contributed by atoms with Crippen molar-refractivity contribution in [2.45, 2.75) is 19.9 Å². The van der Waals surface area contributed by atoms with Gasteiger partial charge in [0.25, 0.3) is 0 Å². The molecule has 1 unspecified atom stereocenters. The summed E-state index contributed by atoms with van der Waals surface area (Å²) in [5.41, 5.74) is 2.79. The molecule has 21 heavy (non-hydrogen) atoms. The van der Waals surface area contributed by atoms with Crippen LogP contribution in [0.4, 0.5) is 0 Å². The Kier molecular flexibility index (Phi) is 3.95. The van der Waals surface area contributed by atoms with Gasteiger partial charge in [0.05, 0.1) is 5.69 Å². The Morgan fingerprint density at radius 2 is 2.10 bits per heavy atom. The zero-order valence-electron chi connectivity index (χ0n) is 12.1. The molecule has 4 heteroatoms. The molecule has 3 aromatic rings. The molecule has 1 aromatic carbocycles. The van der Waals surface area contributed by atoms with Crippen molar-refractivity contribution in [3.63, 3.8) is 0 Å². The van der Waals surface area contributed by atoms with Crippen molar-refractivity contribution in [2.24, 2.45) is 0 Å². The Morgan fingerprint density at radius 3 is 2.86 bits per heavy atom. The molecule has 0 bridgehead atoms. The van der Waals surface area contributed by atoms with Crippen LogP contribution in [-0.2, 0) is 0 Å². The molecule has 3 rings (SSSR count). The van der Waals surface area contributed by atoms with E-state index in [1.54, 1.807) is 0 Å². The zero-order valence-corrected chi connectivity index (χ0v) is 12.8. The van der Waals surface area contributed by atoms with Gasteiger partial charge in [0.2, 0.25) is 0 Å². The maximum absolute atomic E-state index is 6.04. The molecule has 0 radical (unpaired) electrons. The van der Waals surface area contributed by atoms with E-state index in [9.17, 15) is 0 Å². The van der Waals surface area contributed by atoms with Gasteiger partial charge in [0.15, 0.2) is 0 Å². The normalized spacial score (nSPS) is 12.7. The molecule has 1 N–H and O–H groups in total. The second kappa shape index (κ2) is 5.88. The van der Waals surface area contributed by atoms with E-state index in [4.69, 9.17) is 16.0 Å². The van der Waals surface area contributed by atoms with E-state index >= 15 is 0 Å². The van der Waals surface area contributed by atoms with Crippen molar-refractivity contribution in [3.05, 3.63) is 64.6 Å². The van der Waals surface area contributed by atoms with Crippen LogP contribution in [0.1, 0.15) is 30.1 Å². The highest BCUT2D eigenvalue weighted by molar-refractivity contribution is 6.31. The van der Waals surface area contributed by atoms with Crippen LogP contribution in [0, 0.1) is 6.92 Å². The van der Waals surface area contributed by atoms with Gasteiger partial charge in [0.1, 0.15) is 17.4 Å². The number of aromatic nitrogens is 1. The van der Waals surface area contributed by atoms with Crippen molar-refractivity contribution >= 4 is 22.6 Å². The second-order valence-electron chi connectivity index (χ2n) is 5.03. The number of pyridine rings is 1. The van der Waals surface area contributed by atoms with Crippen molar-refractivity contribution in [3.8, 4) is 0 Å². The number of aryl methyl sites for hydroxylation is 1. The van der Waals surface area contributed by atoms with Gasteiger partial charge in [-0.2, -0.15) is 0 Å². The van der Waals surface area contributed by atoms with E-state index in [0.717, 1.165) is 34.7 Å². The maximum Gasteiger partial charge on any atom is 0.134 e. The van der Waals surface area contributed by atoms with Crippen molar-refractivity contribution in [1.29, 1.82) is 0 Å². The Balaban J connectivity index is 2.06. The lowest BCUT2D eigenvalue weighted by atomic mass is 10.1. The first-order valence-corrected chi connectivity index (χ1v) is 7.41.